The maximum absolute atomic E-state index is 12.6. The standard InChI is InChI=1S/C19H25N3O3S/c1-16-4-2-5-17(12-16)15-26(23,24)21-14-19(18-6-3-7-20-13-18)22-8-10-25-11-9-22/h2-7,12-13,19,21H,8-11,14-15H2,1H3. The van der Waals surface area contributed by atoms with Crippen LogP contribution in [0.5, 0.6) is 0 Å². The van der Waals surface area contributed by atoms with Gasteiger partial charge in [0.2, 0.25) is 10.0 Å². The number of pyridine rings is 1. The minimum absolute atomic E-state index is 0.0163. The third kappa shape index (κ3) is 5.35. The predicted molar refractivity (Wildman–Crippen MR) is 101 cm³/mol. The summed E-state index contributed by atoms with van der Waals surface area (Å²) in [7, 11) is -3.42. The Morgan fingerprint density at radius 2 is 2.04 bits per heavy atom. The molecule has 140 valence electrons. The number of hydrogen-bond acceptors (Lipinski definition) is 5. The molecule has 26 heavy (non-hydrogen) atoms. The fourth-order valence-electron chi connectivity index (χ4n) is 3.20. The quantitative estimate of drug-likeness (QED) is 0.800. The number of hydrogen-bond donors (Lipinski definition) is 1. The van der Waals surface area contributed by atoms with E-state index in [1.807, 2.05) is 43.3 Å². The van der Waals surface area contributed by atoms with E-state index in [1.54, 1.807) is 12.4 Å². The van der Waals surface area contributed by atoms with E-state index >= 15 is 0 Å². The van der Waals surface area contributed by atoms with Gasteiger partial charge < -0.3 is 4.74 Å². The van der Waals surface area contributed by atoms with E-state index in [2.05, 4.69) is 14.6 Å². The molecule has 1 N–H and O–H groups in total. The van der Waals surface area contributed by atoms with Crippen molar-refractivity contribution in [2.24, 2.45) is 0 Å². The fraction of sp³-hybridized carbons (Fsp3) is 0.421. The van der Waals surface area contributed by atoms with Crippen LogP contribution in [0.15, 0.2) is 48.8 Å². The van der Waals surface area contributed by atoms with Gasteiger partial charge in [0.15, 0.2) is 0 Å². The summed E-state index contributed by atoms with van der Waals surface area (Å²) in [4.78, 5) is 6.43. The van der Waals surface area contributed by atoms with Gasteiger partial charge in [0.1, 0.15) is 0 Å². The summed E-state index contributed by atoms with van der Waals surface area (Å²) < 4.78 is 33.3. The van der Waals surface area contributed by atoms with E-state index in [9.17, 15) is 8.42 Å². The largest absolute Gasteiger partial charge is 0.379 e. The summed E-state index contributed by atoms with van der Waals surface area (Å²) >= 11 is 0. The van der Waals surface area contributed by atoms with Crippen LogP contribution in [-0.4, -0.2) is 51.1 Å². The van der Waals surface area contributed by atoms with Crippen molar-refractivity contribution >= 4 is 10.0 Å². The first-order valence-corrected chi connectivity index (χ1v) is 10.4. The van der Waals surface area contributed by atoms with Crippen molar-refractivity contribution in [3.05, 3.63) is 65.5 Å². The van der Waals surface area contributed by atoms with Crippen molar-refractivity contribution in [1.29, 1.82) is 0 Å². The van der Waals surface area contributed by atoms with Gasteiger partial charge in [-0.3, -0.25) is 9.88 Å². The first-order chi connectivity index (χ1) is 12.5. The van der Waals surface area contributed by atoms with Crippen LogP contribution >= 0.6 is 0 Å². The number of sulfonamides is 1. The molecule has 0 saturated carbocycles. The van der Waals surface area contributed by atoms with Gasteiger partial charge in [-0.05, 0) is 24.1 Å². The van der Waals surface area contributed by atoms with Crippen molar-refractivity contribution < 1.29 is 13.2 Å². The molecule has 0 spiro atoms. The van der Waals surface area contributed by atoms with Crippen molar-refractivity contribution in [3.63, 3.8) is 0 Å². The first-order valence-electron chi connectivity index (χ1n) is 8.78. The second kappa shape index (κ2) is 8.73. The number of aromatic nitrogens is 1. The van der Waals surface area contributed by atoms with Gasteiger partial charge in [-0.2, -0.15) is 0 Å². The molecule has 6 nitrogen and oxygen atoms in total. The lowest BCUT2D eigenvalue weighted by Gasteiger charge is -2.34. The summed E-state index contributed by atoms with van der Waals surface area (Å²) in [6.07, 6.45) is 3.52. The van der Waals surface area contributed by atoms with Gasteiger partial charge in [0.05, 0.1) is 25.0 Å². The maximum atomic E-state index is 12.6. The van der Waals surface area contributed by atoms with E-state index in [0.717, 1.165) is 29.8 Å². The smallest absolute Gasteiger partial charge is 0.215 e. The lowest BCUT2D eigenvalue weighted by molar-refractivity contribution is 0.0171. The first kappa shape index (κ1) is 19.0. The van der Waals surface area contributed by atoms with Gasteiger partial charge >= 0.3 is 0 Å². The van der Waals surface area contributed by atoms with E-state index in [0.29, 0.717) is 19.8 Å². The molecule has 3 rings (SSSR count). The minimum Gasteiger partial charge on any atom is -0.379 e. The van der Waals surface area contributed by atoms with Crippen molar-refractivity contribution in [1.82, 2.24) is 14.6 Å². The van der Waals surface area contributed by atoms with E-state index in [1.165, 1.54) is 0 Å². The topological polar surface area (TPSA) is 71.5 Å². The summed E-state index contributed by atoms with van der Waals surface area (Å²) in [5.41, 5.74) is 2.86. The Balaban J connectivity index is 1.70. The number of benzene rings is 1. The van der Waals surface area contributed by atoms with Crippen LogP contribution in [-0.2, 0) is 20.5 Å². The molecule has 1 fully saturated rings. The Bertz CT molecular complexity index is 806. The SMILES string of the molecule is Cc1cccc(CS(=O)(=O)NCC(c2cccnc2)N2CCOCC2)c1. The van der Waals surface area contributed by atoms with Crippen molar-refractivity contribution in [2.75, 3.05) is 32.8 Å². The second-order valence-electron chi connectivity index (χ2n) is 6.55. The van der Waals surface area contributed by atoms with Crippen molar-refractivity contribution in [2.45, 2.75) is 18.7 Å². The summed E-state index contributed by atoms with van der Waals surface area (Å²) in [5.74, 6) is -0.0163. The van der Waals surface area contributed by atoms with E-state index in [4.69, 9.17) is 4.74 Å². The molecule has 1 aromatic heterocycles. The average molecular weight is 375 g/mol. The Morgan fingerprint density at radius 3 is 2.73 bits per heavy atom. The van der Waals surface area contributed by atoms with Crippen LogP contribution in [0.25, 0.3) is 0 Å². The van der Waals surface area contributed by atoms with Crippen LogP contribution in [0.3, 0.4) is 0 Å². The zero-order valence-electron chi connectivity index (χ0n) is 15.0. The van der Waals surface area contributed by atoms with Gasteiger partial charge in [-0.25, -0.2) is 13.1 Å². The normalized spacial score (nSPS) is 17.1. The van der Waals surface area contributed by atoms with E-state index in [-0.39, 0.29) is 11.8 Å². The highest BCUT2D eigenvalue weighted by Gasteiger charge is 2.24. The maximum Gasteiger partial charge on any atom is 0.215 e. The monoisotopic (exact) mass is 375 g/mol. The number of rotatable bonds is 7. The third-order valence-electron chi connectivity index (χ3n) is 4.49. The Labute approximate surface area is 155 Å². The minimum atomic E-state index is -3.42. The highest BCUT2D eigenvalue weighted by atomic mass is 32.2. The van der Waals surface area contributed by atoms with Gasteiger partial charge in [-0.1, -0.05) is 35.9 Å². The fourth-order valence-corrected chi connectivity index (χ4v) is 4.33. The predicted octanol–water partition coefficient (Wildman–Crippen LogP) is 1.88. The molecule has 7 heteroatoms. The van der Waals surface area contributed by atoms with Crippen LogP contribution in [0.2, 0.25) is 0 Å². The number of nitrogens with zero attached hydrogens (tertiary/aromatic N) is 2. The van der Waals surface area contributed by atoms with Crippen LogP contribution in [0.4, 0.5) is 0 Å². The Morgan fingerprint density at radius 1 is 1.23 bits per heavy atom. The number of nitrogens with one attached hydrogen (secondary N) is 1. The second-order valence-corrected chi connectivity index (χ2v) is 8.35. The highest BCUT2D eigenvalue weighted by molar-refractivity contribution is 7.88. The molecule has 1 aliphatic rings. The van der Waals surface area contributed by atoms with Crippen molar-refractivity contribution in [3.8, 4) is 0 Å². The van der Waals surface area contributed by atoms with Gasteiger partial charge in [-0.15, -0.1) is 0 Å². The number of morpholine rings is 1. The molecule has 2 heterocycles. The zero-order chi connectivity index (χ0) is 18.4. The average Bonchev–Trinajstić information content (AvgIpc) is 2.63. The van der Waals surface area contributed by atoms with Crippen LogP contribution in [0.1, 0.15) is 22.7 Å². The number of aryl methyl sites for hydroxylation is 1. The lowest BCUT2D eigenvalue weighted by Crippen LogP contribution is -2.44. The lowest BCUT2D eigenvalue weighted by atomic mass is 10.1. The molecule has 1 unspecified atom stereocenters. The van der Waals surface area contributed by atoms with Gasteiger partial charge in [0, 0.05) is 32.0 Å². The Hall–Kier alpha value is -1.80. The molecule has 1 atom stereocenters. The highest BCUT2D eigenvalue weighted by Crippen LogP contribution is 2.21. The Kier molecular flexibility index (Phi) is 6.37. The molecule has 2 aromatic rings. The van der Waals surface area contributed by atoms with Gasteiger partial charge in [0.25, 0.3) is 0 Å². The molecule has 1 aromatic carbocycles. The van der Waals surface area contributed by atoms with E-state index < -0.39 is 10.0 Å². The molecule has 0 aliphatic carbocycles. The van der Waals surface area contributed by atoms with Crippen LogP contribution < -0.4 is 4.72 Å². The molecule has 1 saturated heterocycles. The molecule has 0 amide bonds. The van der Waals surface area contributed by atoms with Crippen LogP contribution in [0, 0.1) is 6.92 Å². The summed E-state index contributed by atoms with van der Waals surface area (Å²) in [5, 5.41) is 0. The summed E-state index contributed by atoms with van der Waals surface area (Å²) in [6, 6.07) is 11.4. The summed E-state index contributed by atoms with van der Waals surface area (Å²) in [6.45, 7) is 5.15. The molecule has 1 aliphatic heterocycles. The number of ether oxygens (including phenoxy) is 1. The molecular weight excluding hydrogens is 350 g/mol. The molecule has 0 radical (unpaired) electrons. The molecular formula is C19H25N3O3S. The molecule has 0 bridgehead atoms. The zero-order valence-corrected chi connectivity index (χ0v) is 15.8. The third-order valence-corrected chi connectivity index (χ3v) is 5.81.